The molecule has 0 amide bonds. The molecule has 3 rings (SSSR count). The van der Waals surface area contributed by atoms with Crippen LogP contribution in [0, 0.1) is 5.82 Å². The molecule has 0 aliphatic rings. The van der Waals surface area contributed by atoms with E-state index in [1.54, 1.807) is 17.4 Å². The molecule has 2 aromatic carbocycles. The molecule has 0 fully saturated rings. The molecular formula is C15H10BrFOS. The minimum absolute atomic E-state index is 0.359. The van der Waals surface area contributed by atoms with Crippen molar-refractivity contribution in [3.8, 4) is 0 Å². The van der Waals surface area contributed by atoms with Crippen LogP contribution in [-0.4, -0.2) is 5.11 Å². The monoisotopic (exact) mass is 336 g/mol. The highest BCUT2D eigenvalue weighted by Crippen LogP contribution is 2.33. The average molecular weight is 337 g/mol. The first-order valence-corrected chi connectivity index (χ1v) is 7.42. The summed E-state index contributed by atoms with van der Waals surface area (Å²) in [4.78, 5) is 0. The van der Waals surface area contributed by atoms with Crippen molar-refractivity contribution >= 4 is 37.4 Å². The van der Waals surface area contributed by atoms with E-state index in [0.29, 0.717) is 10.0 Å². The summed E-state index contributed by atoms with van der Waals surface area (Å²) in [6, 6.07) is 12.3. The van der Waals surface area contributed by atoms with E-state index in [0.717, 1.165) is 15.6 Å². The first-order valence-electron chi connectivity index (χ1n) is 5.75. The molecule has 1 N–H and O–H groups in total. The third-order valence-corrected chi connectivity index (χ3v) is 4.44. The van der Waals surface area contributed by atoms with E-state index in [1.807, 2.05) is 29.6 Å². The highest BCUT2D eigenvalue weighted by atomic mass is 79.9. The Morgan fingerprint density at radius 1 is 1.16 bits per heavy atom. The minimum Gasteiger partial charge on any atom is -0.384 e. The normalized spacial score (nSPS) is 12.8. The van der Waals surface area contributed by atoms with Crippen molar-refractivity contribution < 1.29 is 9.50 Å². The Hall–Kier alpha value is -1.23. The van der Waals surface area contributed by atoms with Gasteiger partial charge in [-0.1, -0.05) is 34.1 Å². The van der Waals surface area contributed by atoms with Crippen molar-refractivity contribution in [2.24, 2.45) is 0 Å². The van der Waals surface area contributed by atoms with Gasteiger partial charge in [0, 0.05) is 14.7 Å². The molecule has 0 radical (unpaired) electrons. The van der Waals surface area contributed by atoms with Gasteiger partial charge in [0.05, 0.1) is 0 Å². The van der Waals surface area contributed by atoms with Gasteiger partial charge < -0.3 is 5.11 Å². The fourth-order valence-electron chi connectivity index (χ4n) is 2.14. The highest BCUT2D eigenvalue weighted by Gasteiger charge is 2.15. The molecule has 0 saturated heterocycles. The minimum atomic E-state index is -0.825. The van der Waals surface area contributed by atoms with Crippen LogP contribution in [0.15, 0.2) is 52.3 Å². The Morgan fingerprint density at radius 2 is 2.00 bits per heavy atom. The first-order chi connectivity index (χ1) is 9.15. The number of aliphatic hydroxyl groups excluding tert-OH is 1. The zero-order valence-corrected chi connectivity index (χ0v) is 12.2. The molecule has 1 nitrogen and oxygen atoms in total. The molecule has 96 valence electrons. The molecule has 0 spiro atoms. The van der Waals surface area contributed by atoms with Gasteiger partial charge in [0.25, 0.3) is 0 Å². The van der Waals surface area contributed by atoms with Crippen molar-refractivity contribution in [3.63, 3.8) is 0 Å². The van der Waals surface area contributed by atoms with Gasteiger partial charge in [0.2, 0.25) is 0 Å². The number of aliphatic hydroxyl groups is 1. The van der Waals surface area contributed by atoms with E-state index >= 15 is 0 Å². The summed E-state index contributed by atoms with van der Waals surface area (Å²) in [7, 11) is 0. The van der Waals surface area contributed by atoms with Crippen LogP contribution in [0.2, 0.25) is 0 Å². The maximum Gasteiger partial charge on any atom is 0.124 e. The topological polar surface area (TPSA) is 20.2 Å². The number of halogens is 2. The van der Waals surface area contributed by atoms with Crippen LogP contribution in [0.25, 0.3) is 10.1 Å². The summed E-state index contributed by atoms with van der Waals surface area (Å²) >= 11 is 4.83. The fraction of sp³-hybridized carbons (Fsp3) is 0.0667. The fourth-order valence-corrected chi connectivity index (χ4v) is 3.57. The van der Waals surface area contributed by atoms with Gasteiger partial charge in [-0.15, -0.1) is 11.3 Å². The van der Waals surface area contributed by atoms with Crippen molar-refractivity contribution in [1.29, 1.82) is 0 Å². The molecule has 1 atom stereocenters. The Labute approximate surface area is 122 Å². The summed E-state index contributed by atoms with van der Waals surface area (Å²) in [5.74, 6) is -0.359. The number of thiophene rings is 1. The van der Waals surface area contributed by atoms with Crippen molar-refractivity contribution in [2.45, 2.75) is 6.10 Å². The van der Waals surface area contributed by atoms with Gasteiger partial charge in [-0.2, -0.15) is 0 Å². The molecule has 0 aliphatic carbocycles. The lowest BCUT2D eigenvalue weighted by Crippen LogP contribution is -2.00. The van der Waals surface area contributed by atoms with Gasteiger partial charge in [-0.3, -0.25) is 0 Å². The Bertz CT molecular complexity index is 718. The molecule has 4 heteroatoms. The summed E-state index contributed by atoms with van der Waals surface area (Å²) in [5.41, 5.74) is 1.36. The maximum absolute atomic E-state index is 13.4. The maximum atomic E-state index is 13.4. The summed E-state index contributed by atoms with van der Waals surface area (Å²) in [6.07, 6.45) is -0.825. The molecule has 1 aromatic heterocycles. The molecule has 3 aromatic rings. The van der Waals surface area contributed by atoms with Crippen LogP contribution in [0.4, 0.5) is 4.39 Å². The van der Waals surface area contributed by atoms with Gasteiger partial charge in [-0.05, 0) is 40.6 Å². The lowest BCUT2D eigenvalue weighted by molar-refractivity contribution is 0.221. The van der Waals surface area contributed by atoms with Crippen molar-refractivity contribution in [3.05, 3.63) is 69.3 Å². The van der Waals surface area contributed by atoms with Crippen LogP contribution in [0.5, 0.6) is 0 Å². The van der Waals surface area contributed by atoms with Crippen molar-refractivity contribution in [1.82, 2.24) is 0 Å². The summed E-state index contributed by atoms with van der Waals surface area (Å²) in [6.45, 7) is 0. The second-order valence-electron chi connectivity index (χ2n) is 4.29. The van der Waals surface area contributed by atoms with E-state index in [9.17, 15) is 9.50 Å². The van der Waals surface area contributed by atoms with Gasteiger partial charge in [0.1, 0.15) is 11.9 Å². The molecule has 0 aliphatic heterocycles. The van der Waals surface area contributed by atoms with Gasteiger partial charge in [0.15, 0.2) is 0 Å². The lowest BCUT2D eigenvalue weighted by Gasteiger charge is -2.13. The molecule has 19 heavy (non-hydrogen) atoms. The zero-order chi connectivity index (χ0) is 13.4. The zero-order valence-electron chi connectivity index (χ0n) is 9.81. The SMILES string of the molecule is OC(c1cc(F)cc(Br)c1)c1cccc2ccsc12. The Kier molecular flexibility index (Phi) is 3.39. The standard InChI is InChI=1S/C15H10BrFOS/c16-11-6-10(7-12(17)8-11)14(18)13-3-1-2-9-4-5-19-15(9)13/h1-8,14,18H. The molecule has 1 unspecified atom stereocenters. The summed E-state index contributed by atoms with van der Waals surface area (Å²) in [5, 5.41) is 13.6. The lowest BCUT2D eigenvalue weighted by atomic mass is 10.0. The second-order valence-corrected chi connectivity index (χ2v) is 6.12. The van der Waals surface area contributed by atoms with E-state index in [1.165, 1.54) is 12.1 Å². The smallest absolute Gasteiger partial charge is 0.124 e. The second kappa shape index (κ2) is 5.04. The van der Waals surface area contributed by atoms with E-state index in [-0.39, 0.29) is 5.82 Å². The van der Waals surface area contributed by atoms with E-state index in [4.69, 9.17) is 0 Å². The molecule has 0 bridgehead atoms. The van der Waals surface area contributed by atoms with Crippen LogP contribution < -0.4 is 0 Å². The van der Waals surface area contributed by atoms with E-state index in [2.05, 4.69) is 15.9 Å². The van der Waals surface area contributed by atoms with Crippen LogP contribution in [0.1, 0.15) is 17.2 Å². The van der Waals surface area contributed by atoms with Crippen LogP contribution in [-0.2, 0) is 0 Å². The number of benzene rings is 2. The number of rotatable bonds is 2. The predicted octanol–water partition coefficient (Wildman–Crippen LogP) is 4.88. The van der Waals surface area contributed by atoms with Crippen LogP contribution in [0.3, 0.4) is 0 Å². The van der Waals surface area contributed by atoms with E-state index < -0.39 is 6.10 Å². The van der Waals surface area contributed by atoms with Crippen LogP contribution >= 0.6 is 27.3 Å². The third kappa shape index (κ3) is 2.43. The number of fused-ring (bicyclic) bond motifs is 1. The van der Waals surface area contributed by atoms with Gasteiger partial charge >= 0.3 is 0 Å². The number of hydrogen-bond acceptors (Lipinski definition) is 2. The quantitative estimate of drug-likeness (QED) is 0.706. The third-order valence-electron chi connectivity index (χ3n) is 3.00. The largest absolute Gasteiger partial charge is 0.384 e. The molecule has 0 saturated carbocycles. The van der Waals surface area contributed by atoms with Gasteiger partial charge in [-0.25, -0.2) is 4.39 Å². The van der Waals surface area contributed by atoms with Crippen molar-refractivity contribution in [2.75, 3.05) is 0 Å². The first kappa shape index (κ1) is 12.8. The highest BCUT2D eigenvalue weighted by molar-refractivity contribution is 9.10. The summed E-state index contributed by atoms with van der Waals surface area (Å²) < 4.78 is 15.1. The Morgan fingerprint density at radius 3 is 2.79 bits per heavy atom. The average Bonchev–Trinajstić information content (AvgIpc) is 2.84. The predicted molar refractivity (Wildman–Crippen MR) is 80.0 cm³/mol. The molecule has 1 heterocycles. The Balaban J connectivity index is 2.13. The number of hydrogen-bond donors (Lipinski definition) is 1. The molecular weight excluding hydrogens is 327 g/mol.